The lowest BCUT2D eigenvalue weighted by atomic mass is 9.96. The molecule has 0 saturated carbocycles. The van der Waals surface area contributed by atoms with E-state index in [1.807, 2.05) is 0 Å². The van der Waals surface area contributed by atoms with E-state index in [2.05, 4.69) is 0 Å². The van der Waals surface area contributed by atoms with Crippen LogP contribution in [0, 0.1) is 5.92 Å². The highest BCUT2D eigenvalue weighted by Gasteiger charge is 2.30. The highest BCUT2D eigenvalue weighted by atomic mass is 16.4. The quantitative estimate of drug-likeness (QED) is 0.464. The summed E-state index contributed by atoms with van der Waals surface area (Å²) >= 11 is 0. The summed E-state index contributed by atoms with van der Waals surface area (Å²) in [6, 6.07) is -0.958. The number of hydrogen-bond acceptors (Lipinski definition) is 3. The molecule has 0 radical (unpaired) electrons. The summed E-state index contributed by atoms with van der Waals surface area (Å²) in [5.41, 5.74) is 5.31. The third-order valence-corrected chi connectivity index (χ3v) is 1.93. The number of aliphatic carboxylic acids is 1. The third kappa shape index (κ3) is 1.58. The normalized spacial score (nSPS) is 32.2. The Morgan fingerprint density at radius 1 is 1.73 bits per heavy atom. The van der Waals surface area contributed by atoms with Gasteiger partial charge in [-0.3, -0.25) is 4.79 Å². The molecule has 0 aromatic rings. The lowest BCUT2D eigenvalue weighted by molar-refractivity contribution is -0.140. The van der Waals surface area contributed by atoms with E-state index in [0.29, 0.717) is 6.42 Å². The largest absolute Gasteiger partial charge is 0.480 e. The van der Waals surface area contributed by atoms with Crippen molar-refractivity contribution >= 4 is 5.97 Å². The first-order valence-electron chi connectivity index (χ1n) is 3.46. The molecule has 3 atom stereocenters. The second-order valence-corrected chi connectivity index (χ2v) is 2.68. The van der Waals surface area contributed by atoms with Crippen LogP contribution in [0.2, 0.25) is 0 Å². The van der Waals surface area contributed by atoms with Gasteiger partial charge in [0.25, 0.3) is 0 Å². The average molecular weight is 157 g/mol. The molecule has 62 valence electrons. The van der Waals surface area contributed by atoms with Crippen molar-refractivity contribution in [2.75, 3.05) is 0 Å². The smallest absolute Gasteiger partial charge is 0.320 e. The highest BCUT2D eigenvalue weighted by Crippen LogP contribution is 2.21. The van der Waals surface area contributed by atoms with Gasteiger partial charge in [0.1, 0.15) is 6.04 Å². The molecule has 0 aromatic carbocycles. The van der Waals surface area contributed by atoms with Gasteiger partial charge in [0, 0.05) is 5.92 Å². The van der Waals surface area contributed by atoms with E-state index < -0.39 is 18.1 Å². The first-order chi connectivity index (χ1) is 5.13. The van der Waals surface area contributed by atoms with Crippen molar-refractivity contribution in [3.63, 3.8) is 0 Å². The standard InChI is InChI=1S/C7H11NO3/c8-6(7(10)11)4-2-1-3-5(4)9/h1,3-6,9H,2,8H2,(H,10,11)/t4-,5-,6+/m1/s1. The molecule has 0 aromatic heterocycles. The Balaban J connectivity index is 2.55. The zero-order valence-corrected chi connectivity index (χ0v) is 5.97. The number of carboxylic acids is 1. The van der Waals surface area contributed by atoms with Crippen LogP contribution >= 0.6 is 0 Å². The molecule has 11 heavy (non-hydrogen) atoms. The van der Waals surface area contributed by atoms with Gasteiger partial charge in [0.15, 0.2) is 0 Å². The van der Waals surface area contributed by atoms with Gasteiger partial charge in [-0.25, -0.2) is 0 Å². The van der Waals surface area contributed by atoms with E-state index in [0.717, 1.165) is 0 Å². The summed E-state index contributed by atoms with van der Waals surface area (Å²) < 4.78 is 0. The van der Waals surface area contributed by atoms with E-state index >= 15 is 0 Å². The van der Waals surface area contributed by atoms with Gasteiger partial charge >= 0.3 is 5.97 Å². The predicted octanol–water partition coefficient (Wildman–Crippen LogP) is -0.665. The van der Waals surface area contributed by atoms with Crippen molar-refractivity contribution in [3.8, 4) is 0 Å². The molecule has 0 unspecified atom stereocenters. The zero-order valence-electron chi connectivity index (χ0n) is 5.97. The molecule has 0 saturated heterocycles. The molecule has 0 bridgehead atoms. The summed E-state index contributed by atoms with van der Waals surface area (Å²) in [6.07, 6.45) is 3.18. The maximum atomic E-state index is 10.4. The first kappa shape index (κ1) is 8.23. The van der Waals surface area contributed by atoms with E-state index in [-0.39, 0.29) is 5.92 Å². The summed E-state index contributed by atoms with van der Waals surface area (Å²) in [4.78, 5) is 10.4. The van der Waals surface area contributed by atoms with Crippen LogP contribution in [0.4, 0.5) is 0 Å². The van der Waals surface area contributed by atoms with Crippen LogP contribution in [0.1, 0.15) is 6.42 Å². The number of allylic oxidation sites excluding steroid dienone is 1. The van der Waals surface area contributed by atoms with Gasteiger partial charge in [-0.2, -0.15) is 0 Å². The summed E-state index contributed by atoms with van der Waals surface area (Å²) in [7, 11) is 0. The molecule has 0 fully saturated rings. The Labute approximate surface area is 64.3 Å². The number of rotatable bonds is 2. The number of nitrogens with two attached hydrogens (primary N) is 1. The third-order valence-electron chi connectivity index (χ3n) is 1.93. The van der Waals surface area contributed by atoms with Crippen LogP contribution in [0.15, 0.2) is 12.2 Å². The predicted molar refractivity (Wildman–Crippen MR) is 38.9 cm³/mol. The van der Waals surface area contributed by atoms with Crippen molar-refractivity contribution in [2.45, 2.75) is 18.6 Å². The Morgan fingerprint density at radius 3 is 2.73 bits per heavy atom. The summed E-state index contributed by atoms with van der Waals surface area (Å²) in [5, 5.41) is 17.7. The maximum Gasteiger partial charge on any atom is 0.320 e. The van der Waals surface area contributed by atoms with Crippen molar-refractivity contribution in [1.29, 1.82) is 0 Å². The fourth-order valence-electron chi connectivity index (χ4n) is 1.20. The van der Waals surface area contributed by atoms with Gasteiger partial charge in [-0.1, -0.05) is 12.2 Å². The molecule has 0 amide bonds. The molecule has 1 rings (SSSR count). The molecule has 1 aliphatic carbocycles. The Bertz CT molecular complexity index is 190. The van der Waals surface area contributed by atoms with Gasteiger partial charge in [0.05, 0.1) is 6.10 Å². The minimum absolute atomic E-state index is 0.354. The number of carbonyl (C=O) groups is 1. The van der Waals surface area contributed by atoms with Crippen LogP contribution in [0.5, 0.6) is 0 Å². The lowest BCUT2D eigenvalue weighted by Gasteiger charge is -2.17. The van der Waals surface area contributed by atoms with E-state index in [4.69, 9.17) is 10.8 Å². The second-order valence-electron chi connectivity index (χ2n) is 2.68. The highest BCUT2D eigenvalue weighted by molar-refractivity contribution is 5.73. The Hall–Kier alpha value is -0.870. The average Bonchev–Trinajstić information content (AvgIpc) is 2.33. The molecule has 0 aliphatic heterocycles. The molecule has 4 heteroatoms. The fraction of sp³-hybridized carbons (Fsp3) is 0.571. The Morgan fingerprint density at radius 2 is 2.36 bits per heavy atom. The van der Waals surface area contributed by atoms with Crippen LogP contribution in [0.25, 0.3) is 0 Å². The van der Waals surface area contributed by atoms with Crippen LogP contribution in [-0.4, -0.2) is 28.3 Å². The number of aliphatic hydroxyl groups excluding tert-OH is 1. The number of carboxylic acid groups (broad SMARTS) is 1. The maximum absolute atomic E-state index is 10.4. The zero-order chi connectivity index (χ0) is 8.43. The summed E-state index contributed by atoms with van der Waals surface area (Å²) in [6.45, 7) is 0. The summed E-state index contributed by atoms with van der Waals surface area (Å²) in [5.74, 6) is -1.41. The van der Waals surface area contributed by atoms with Crippen molar-refractivity contribution in [1.82, 2.24) is 0 Å². The van der Waals surface area contributed by atoms with Crippen molar-refractivity contribution in [2.24, 2.45) is 11.7 Å². The molecule has 1 aliphatic rings. The molecule has 0 spiro atoms. The first-order valence-corrected chi connectivity index (χ1v) is 3.46. The van der Waals surface area contributed by atoms with Crippen molar-refractivity contribution in [3.05, 3.63) is 12.2 Å². The molecular formula is C7H11NO3. The fourth-order valence-corrected chi connectivity index (χ4v) is 1.20. The Kier molecular flexibility index (Phi) is 2.26. The van der Waals surface area contributed by atoms with Gasteiger partial charge in [-0.15, -0.1) is 0 Å². The second kappa shape index (κ2) is 3.02. The number of hydrogen-bond donors (Lipinski definition) is 3. The topological polar surface area (TPSA) is 83.6 Å². The van der Waals surface area contributed by atoms with Crippen molar-refractivity contribution < 1.29 is 15.0 Å². The van der Waals surface area contributed by atoms with E-state index in [1.54, 1.807) is 12.2 Å². The van der Waals surface area contributed by atoms with Gasteiger partial charge in [-0.05, 0) is 6.42 Å². The van der Waals surface area contributed by atoms with Gasteiger partial charge in [0.2, 0.25) is 0 Å². The minimum atomic E-state index is -1.06. The van der Waals surface area contributed by atoms with Crippen LogP contribution in [-0.2, 0) is 4.79 Å². The molecule has 0 heterocycles. The van der Waals surface area contributed by atoms with E-state index in [1.165, 1.54) is 0 Å². The van der Waals surface area contributed by atoms with Gasteiger partial charge < -0.3 is 15.9 Å². The lowest BCUT2D eigenvalue weighted by Crippen LogP contribution is -2.41. The van der Waals surface area contributed by atoms with E-state index in [9.17, 15) is 9.90 Å². The van der Waals surface area contributed by atoms with Crippen LogP contribution < -0.4 is 5.73 Å². The molecule has 4 N–H and O–H groups in total. The molecular weight excluding hydrogens is 146 g/mol. The molecule has 4 nitrogen and oxygen atoms in total. The monoisotopic (exact) mass is 157 g/mol. The van der Waals surface area contributed by atoms with Crippen LogP contribution in [0.3, 0.4) is 0 Å². The number of aliphatic hydroxyl groups is 1. The minimum Gasteiger partial charge on any atom is -0.480 e. The SMILES string of the molecule is N[C@H](C(=O)O)[C@@H]1CC=C[C@H]1O.